The van der Waals surface area contributed by atoms with E-state index in [1.165, 1.54) is 27.7 Å². The molecule has 0 saturated heterocycles. The zero-order valence-corrected chi connectivity index (χ0v) is 20.2. The Labute approximate surface area is 191 Å². The molecular weight excluding hydrogens is 471 g/mol. The van der Waals surface area contributed by atoms with Crippen molar-refractivity contribution in [1.82, 2.24) is 0 Å². The number of esters is 1. The molecule has 0 spiro atoms. The van der Waals surface area contributed by atoms with Gasteiger partial charge in [-0.2, -0.15) is 30.4 Å². The van der Waals surface area contributed by atoms with Gasteiger partial charge in [0.2, 0.25) is 0 Å². The van der Waals surface area contributed by atoms with Crippen LogP contribution < -0.4 is 0 Å². The van der Waals surface area contributed by atoms with Crippen LogP contribution in [0.5, 0.6) is 0 Å². The van der Waals surface area contributed by atoms with Gasteiger partial charge in [0.25, 0.3) is 5.60 Å². The number of hydrogen-bond acceptors (Lipinski definition) is 4. The molecule has 1 N–H and O–H groups in total. The number of carbonyl (C=O) groups excluding carboxylic acids is 1. The molecule has 0 heterocycles. The van der Waals surface area contributed by atoms with Crippen LogP contribution in [0.2, 0.25) is 0 Å². The average molecular weight is 505 g/mol. The lowest BCUT2D eigenvalue weighted by Crippen LogP contribution is -2.66. The van der Waals surface area contributed by atoms with Crippen molar-refractivity contribution < 1.29 is 44.5 Å². The molecule has 11 heteroatoms. The summed E-state index contributed by atoms with van der Waals surface area (Å²) in [5.41, 5.74) is -6.97. The number of alkyl halides is 5. The first-order chi connectivity index (χ1) is 14.8. The minimum atomic E-state index is -6.57. The summed E-state index contributed by atoms with van der Waals surface area (Å²) >= 11 is 0. The first-order valence-corrected chi connectivity index (χ1v) is 12.9. The Morgan fingerprint density at radius 3 is 1.73 bits per heavy atom. The van der Waals surface area contributed by atoms with E-state index in [1.54, 1.807) is 0 Å². The Morgan fingerprint density at radius 2 is 1.42 bits per heavy atom. The monoisotopic (exact) mass is 504 g/mol. The van der Waals surface area contributed by atoms with E-state index in [4.69, 9.17) is 4.74 Å². The van der Waals surface area contributed by atoms with E-state index < -0.39 is 56.3 Å². The fraction of sp³-hybridized carbons (Fsp3) is 0.955. The predicted octanol–water partition coefficient (Wildman–Crippen LogP) is 5.99. The molecule has 0 aromatic heterocycles. The molecule has 0 aliphatic heterocycles. The summed E-state index contributed by atoms with van der Waals surface area (Å²) in [4.78, 5) is 13.3. The summed E-state index contributed by atoms with van der Waals surface area (Å²) in [5.74, 6) is -2.17. The first kappa shape index (κ1) is 26.6. The highest BCUT2D eigenvalue weighted by atomic mass is 32.2. The van der Waals surface area contributed by atoms with Gasteiger partial charge in [-0.25, -0.2) is 0 Å². The summed E-state index contributed by atoms with van der Waals surface area (Å²) < 4.78 is 111. The van der Waals surface area contributed by atoms with Gasteiger partial charge >= 0.3 is 27.5 Å². The summed E-state index contributed by atoms with van der Waals surface area (Å²) in [7, 11) is -6.57. The summed E-state index contributed by atoms with van der Waals surface area (Å²) in [6.45, 7) is 6.10. The van der Waals surface area contributed by atoms with Crippen LogP contribution in [0.3, 0.4) is 0 Å². The average Bonchev–Trinajstić information content (AvgIpc) is 2.60. The van der Waals surface area contributed by atoms with E-state index in [2.05, 4.69) is 0 Å². The van der Waals surface area contributed by atoms with Gasteiger partial charge in [0, 0.05) is 6.42 Å². The number of rotatable bonds is 7. The Hall–Kier alpha value is -0.970. The third-order valence-corrected chi connectivity index (χ3v) is 9.22. The molecule has 4 aliphatic carbocycles. The van der Waals surface area contributed by atoms with Gasteiger partial charge < -0.3 is 4.74 Å². The molecule has 4 rings (SSSR count). The lowest BCUT2D eigenvalue weighted by molar-refractivity contribution is -0.327. The van der Waals surface area contributed by atoms with Gasteiger partial charge in [-0.05, 0) is 67.6 Å². The number of ether oxygens (including phenoxy) is 1. The highest BCUT2D eigenvalue weighted by Crippen LogP contribution is 2.62. The molecule has 0 amide bonds. The summed E-state index contributed by atoms with van der Waals surface area (Å²) in [5, 5.41) is -5.78. The molecule has 5 nitrogen and oxygen atoms in total. The third kappa shape index (κ3) is 4.41. The second-order valence-corrected chi connectivity index (χ2v) is 13.0. The third-order valence-electron chi connectivity index (χ3n) is 8.24. The van der Waals surface area contributed by atoms with Crippen molar-refractivity contribution in [1.29, 1.82) is 0 Å². The largest absolute Gasteiger partial charge is 0.441 e. The standard InChI is InChI=1S/C22H33F5O5S/c1-5-16(18(2,3)4)12-20(21(23,24)25,22(26,27)33(29,30)31)32-17(28)19-9-13-6-14(10-19)8-15(7-13)11-19/h13-16H,5-12H2,1-4H3,(H,29,30,31). The molecule has 4 saturated carbocycles. The molecule has 4 fully saturated rings. The van der Waals surface area contributed by atoms with Crippen LogP contribution in [0.4, 0.5) is 22.0 Å². The normalized spacial score (nSPS) is 33.0. The predicted molar refractivity (Wildman–Crippen MR) is 110 cm³/mol. The quantitative estimate of drug-likeness (QED) is 0.262. The topological polar surface area (TPSA) is 80.7 Å². The number of carbonyl (C=O) groups is 1. The van der Waals surface area contributed by atoms with E-state index in [1.807, 2.05) is 0 Å². The van der Waals surface area contributed by atoms with Crippen LogP contribution in [0, 0.1) is 34.5 Å². The molecule has 2 atom stereocenters. The Kier molecular flexibility index (Phi) is 6.48. The molecule has 0 aromatic rings. The van der Waals surface area contributed by atoms with Crippen molar-refractivity contribution in [3.05, 3.63) is 0 Å². The maximum Gasteiger partial charge on any atom is 0.435 e. The maximum absolute atomic E-state index is 15.1. The van der Waals surface area contributed by atoms with Gasteiger partial charge in [-0.15, -0.1) is 0 Å². The van der Waals surface area contributed by atoms with Crippen LogP contribution >= 0.6 is 0 Å². The van der Waals surface area contributed by atoms with Crippen LogP contribution in [-0.4, -0.2) is 36.0 Å². The number of halogens is 5. The van der Waals surface area contributed by atoms with Gasteiger partial charge in [0.1, 0.15) is 0 Å². The first-order valence-electron chi connectivity index (χ1n) is 11.4. The van der Waals surface area contributed by atoms with Crippen molar-refractivity contribution in [2.24, 2.45) is 34.5 Å². The van der Waals surface area contributed by atoms with Crippen molar-refractivity contribution in [2.75, 3.05) is 0 Å². The summed E-state index contributed by atoms with van der Waals surface area (Å²) in [6.07, 6.45) is -4.15. The van der Waals surface area contributed by atoms with Crippen molar-refractivity contribution in [2.45, 2.75) is 96.1 Å². The Balaban J connectivity index is 2.11. The lowest BCUT2D eigenvalue weighted by atomic mass is 9.49. The molecule has 4 bridgehead atoms. The zero-order valence-electron chi connectivity index (χ0n) is 19.3. The zero-order chi connectivity index (χ0) is 25.3. The van der Waals surface area contributed by atoms with E-state index >= 15 is 8.78 Å². The fourth-order valence-corrected chi connectivity index (χ4v) is 7.46. The van der Waals surface area contributed by atoms with Crippen LogP contribution in [-0.2, 0) is 19.6 Å². The van der Waals surface area contributed by atoms with Crippen molar-refractivity contribution >= 4 is 16.1 Å². The molecule has 0 radical (unpaired) electrons. The van der Waals surface area contributed by atoms with Crippen molar-refractivity contribution in [3.8, 4) is 0 Å². The molecule has 192 valence electrons. The van der Waals surface area contributed by atoms with Gasteiger partial charge in [0.05, 0.1) is 5.41 Å². The minimum absolute atomic E-state index is 0.00218. The van der Waals surface area contributed by atoms with Gasteiger partial charge in [0.15, 0.2) is 0 Å². The highest BCUT2D eigenvalue weighted by molar-refractivity contribution is 7.87. The summed E-state index contributed by atoms with van der Waals surface area (Å²) in [6, 6.07) is 0. The SMILES string of the molecule is CCC(CC(OC(=O)C12CC3CC(CC(C3)C1)C2)(C(F)(F)F)C(F)(F)S(=O)(=O)O)C(C)(C)C. The molecule has 0 aromatic carbocycles. The second-order valence-electron chi connectivity index (χ2n) is 11.6. The van der Waals surface area contributed by atoms with E-state index in [0.29, 0.717) is 0 Å². The number of hydrogen-bond donors (Lipinski definition) is 1. The van der Waals surface area contributed by atoms with Crippen LogP contribution in [0.15, 0.2) is 0 Å². The van der Waals surface area contributed by atoms with Crippen molar-refractivity contribution in [3.63, 3.8) is 0 Å². The smallest absolute Gasteiger partial charge is 0.435 e. The van der Waals surface area contributed by atoms with Gasteiger partial charge in [-0.3, -0.25) is 9.35 Å². The molecule has 2 unspecified atom stereocenters. The second kappa shape index (κ2) is 8.03. The van der Waals surface area contributed by atoms with E-state index in [-0.39, 0.29) is 43.4 Å². The molecule has 33 heavy (non-hydrogen) atoms. The van der Waals surface area contributed by atoms with E-state index in [9.17, 15) is 30.9 Å². The Morgan fingerprint density at radius 1 is 1.00 bits per heavy atom. The highest BCUT2D eigenvalue weighted by Gasteiger charge is 2.79. The maximum atomic E-state index is 15.1. The Bertz CT molecular complexity index is 841. The minimum Gasteiger partial charge on any atom is -0.441 e. The van der Waals surface area contributed by atoms with Crippen LogP contribution in [0.1, 0.15) is 79.1 Å². The lowest BCUT2D eigenvalue weighted by Gasteiger charge is -2.56. The fourth-order valence-electron chi connectivity index (χ4n) is 6.80. The van der Waals surface area contributed by atoms with Crippen LogP contribution in [0.25, 0.3) is 0 Å². The van der Waals surface area contributed by atoms with E-state index in [0.717, 1.165) is 19.3 Å². The molecule has 4 aliphatic rings. The van der Waals surface area contributed by atoms with Gasteiger partial charge in [-0.1, -0.05) is 34.1 Å². The molecular formula is C22H33F5O5S.